The molecule has 0 aliphatic rings. The fourth-order valence-electron chi connectivity index (χ4n) is 1.85. The summed E-state index contributed by atoms with van der Waals surface area (Å²) in [6.45, 7) is 2.84. The van der Waals surface area contributed by atoms with Crippen molar-refractivity contribution in [1.29, 1.82) is 0 Å². The average Bonchev–Trinajstić information content (AvgIpc) is 2.28. The van der Waals surface area contributed by atoms with Crippen molar-refractivity contribution in [2.24, 2.45) is 5.92 Å². The number of halogens is 3. The largest absolute Gasteiger partial charge is 0.480 e. The lowest BCUT2D eigenvalue weighted by atomic mass is 10.1. The molecular weight excluding hydrogens is 358 g/mol. The zero-order valence-electron chi connectivity index (χ0n) is 10.7. The van der Waals surface area contributed by atoms with Gasteiger partial charge in [-0.15, -0.1) is 0 Å². The van der Waals surface area contributed by atoms with Crippen LogP contribution in [0.15, 0.2) is 16.6 Å². The van der Waals surface area contributed by atoms with Crippen molar-refractivity contribution in [2.45, 2.75) is 24.9 Å². The topological polar surface area (TPSA) is 71.4 Å². The first-order valence-corrected chi connectivity index (χ1v) is 8.15. The van der Waals surface area contributed by atoms with E-state index >= 15 is 0 Å². The van der Waals surface area contributed by atoms with E-state index in [1.807, 2.05) is 0 Å². The van der Waals surface area contributed by atoms with Crippen molar-refractivity contribution in [2.75, 3.05) is 0 Å². The van der Waals surface area contributed by atoms with E-state index in [1.165, 1.54) is 13.8 Å². The molecule has 112 valence electrons. The molecule has 0 heterocycles. The van der Waals surface area contributed by atoms with Crippen molar-refractivity contribution in [3.63, 3.8) is 0 Å². The molecule has 0 aliphatic heterocycles. The van der Waals surface area contributed by atoms with Crippen molar-refractivity contribution < 1.29 is 27.1 Å². The number of hydrogen-bond donors (Lipinski definition) is 1. The van der Waals surface area contributed by atoms with E-state index in [0.29, 0.717) is 0 Å². The van der Waals surface area contributed by atoms with Crippen molar-refractivity contribution >= 4 is 31.7 Å². The van der Waals surface area contributed by atoms with Gasteiger partial charge in [0.1, 0.15) is 11.6 Å². The first kappa shape index (κ1) is 17.0. The minimum absolute atomic E-state index is 0.0829. The summed E-state index contributed by atoms with van der Waals surface area (Å²) in [4.78, 5) is 11.0. The molecule has 4 nitrogen and oxygen atoms in total. The van der Waals surface area contributed by atoms with Gasteiger partial charge >= 0.3 is 5.97 Å². The molecule has 0 fully saturated rings. The Balaban J connectivity index is 3.27. The Kier molecular flexibility index (Phi) is 5.26. The van der Waals surface area contributed by atoms with Crippen LogP contribution in [-0.4, -0.2) is 24.7 Å². The summed E-state index contributed by atoms with van der Waals surface area (Å²) in [5.41, 5.74) is -0.661. The second kappa shape index (κ2) is 6.17. The van der Waals surface area contributed by atoms with Crippen LogP contribution in [-0.2, 0) is 20.4 Å². The van der Waals surface area contributed by atoms with Crippen molar-refractivity contribution in [1.82, 2.24) is 0 Å². The van der Waals surface area contributed by atoms with Gasteiger partial charge in [0, 0.05) is 5.56 Å². The van der Waals surface area contributed by atoms with Crippen LogP contribution in [0.3, 0.4) is 0 Å². The van der Waals surface area contributed by atoms with Gasteiger partial charge < -0.3 is 5.11 Å². The van der Waals surface area contributed by atoms with Crippen LogP contribution in [0.5, 0.6) is 0 Å². The number of aliphatic carboxylic acids is 1. The van der Waals surface area contributed by atoms with E-state index in [0.717, 1.165) is 12.1 Å². The highest BCUT2D eigenvalue weighted by atomic mass is 79.9. The number of carboxylic acids is 1. The summed E-state index contributed by atoms with van der Waals surface area (Å²) < 4.78 is 51.4. The van der Waals surface area contributed by atoms with Gasteiger partial charge in [-0.25, -0.2) is 17.2 Å². The summed E-state index contributed by atoms with van der Waals surface area (Å²) in [7, 11) is -4.24. The average molecular weight is 371 g/mol. The fraction of sp³-hybridized carbons (Fsp3) is 0.417. The third kappa shape index (κ3) is 3.54. The van der Waals surface area contributed by atoms with E-state index in [9.17, 15) is 22.0 Å². The number of carboxylic acid groups (broad SMARTS) is 1. The van der Waals surface area contributed by atoms with E-state index in [4.69, 9.17) is 5.11 Å². The van der Waals surface area contributed by atoms with Gasteiger partial charge in [-0.05, 0) is 34.0 Å². The maximum absolute atomic E-state index is 13.8. The molecule has 20 heavy (non-hydrogen) atoms. The lowest BCUT2D eigenvalue weighted by Gasteiger charge is -2.17. The summed E-state index contributed by atoms with van der Waals surface area (Å²) >= 11 is 2.83. The quantitative estimate of drug-likeness (QED) is 0.808. The lowest BCUT2D eigenvalue weighted by Crippen LogP contribution is -2.36. The van der Waals surface area contributed by atoms with E-state index in [2.05, 4.69) is 15.9 Å². The standard InChI is InChI=1S/C12H13BrF2O4S/c1-6(2)11(12(16)17)20(18,19)5-7-9(14)4-3-8(13)10(7)15/h3-4,6,11H,5H2,1-2H3,(H,16,17). The van der Waals surface area contributed by atoms with Crippen molar-refractivity contribution in [3.8, 4) is 0 Å². The molecule has 0 aliphatic carbocycles. The molecule has 1 rings (SSSR count). The van der Waals surface area contributed by atoms with Crippen LogP contribution in [0.25, 0.3) is 0 Å². The zero-order valence-corrected chi connectivity index (χ0v) is 13.1. The predicted molar refractivity (Wildman–Crippen MR) is 72.9 cm³/mol. The molecule has 0 spiro atoms. The van der Waals surface area contributed by atoms with Crippen molar-refractivity contribution in [3.05, 3.63) is 33.8 Å². The molecule has 0 saturated heterocycles. The lowest BCUT2D eigenvalue weighted by molar-refractivity contribution is -0.137. The molecule has 1 N–H and O–H groups in total. The summed E-state index contributed by atoms with van der Waals surface area (Å²) in [6, 6.07) is 2.03. The van der Waals surface area contributed by atoms with E-state index < -0.39 is 49.9 Å². The van der Waals surface area contributed by atoms with E-state index in [-0.39, 0.29) is 4.47 Å². The van der Waals surface area contributed by atoms with Crippen LogP contribution < -0.4 is 0 Å². The monoisotopic (exact) mass is 370 g/mol. The van der Waals surface area contributed by atoms with Crippen LogP contribution in [0.4, 0.5) is 8.78 Å². The normalized spacial score (nSPS) is 13.5. The maximum atomic E-state index is 13.8. The van der Waals surface area contributed by atoms with Crippen LogP contribution >= 0.6 is 15.9 Å². The van der Waals surface area contributed by atoms with E-state index in [1.54, 1.807) is 0 Å². The first-order valence-electron chi connectivity index (χ1n) is 5.64. The molecule has 0 saturated carbocycles. The first-order chi connectivity index (χ1) is 9.08. The molecule has 0 amide bonds. The zero-order chi connectivity index (χ0) is 15.7. The Hall–Kier alpha value is -1.02. The Morgan fingerprint density at radius 2 is 1.90 bits per heavy atom. The van der Waals surface area contributed by atoms with Gasteiger partial charge in [0.25, 0.3) is 0 Å². The number of rotatable bonds is 5. The Labute approximate surface area is 123 Å². The SMILES string of the molecule is CC(C)C(C(=O)O)S(=O)(=O)Cc1c(F)ccc(Br)c1F. The second-order valence-electron chi connectivity index (χ2n) is 4.63. The summed E-state index contributed by atoms with van der Waals surface area (Å²) in [6.07, 6.45) is 0. The highest BCUT2D eigenvalue weighted by Crippen LogP contribution is 2.26. The minimum Gasteiger partial charge on any atom is -0.480 e. The molecule has 0 radical (unpaired) electrons. The molecule has 1 aromatic carbocycles. The summed E-state index contributed by atoms with van der Waals surface area (Å²) in [5.74, 6) is -5.31. The van der Waals surface area contributed by atoms with Crippen LogP contribution in [0.1, 0.15) is 19.4 Å². The van der Waals surface area contributed by atoms with Gasteiger partial charge in [-0.3, -0.25) is 4.79 Å². The Bertz CT molecular complexity index is 629. The number of benzene rings is 1. The Morgan fingerprint density at radius 1 is 1.35 bits per heavy atom. The van der Waals surface area contributed by atoms with Gasteiger partial charge in [-0.2, -0.15) is 0 Å². The van der Waals surface area contributed by atoms with Gasteiger partial charge in [-0.1, -0.05) is 13.8 Å². The molecule has 1 unspecified atom stereocenters. The van der Waals surface area contributed by atoms with Gasteiger partial charge in [0.2, 0.25) is 0 Å². The number of carbonyl (C=O) groups is 1. The predicted octanol–water partition coefficient (Wildman–Crippen LogP) is 2.75. The van der Waals surface area contributed by atoms with Gasteiger partial charge in [0.15, 0.2) is 15.1 Å². The molecular formula is C12H13BrF2O4S. The fourth-order valence-corrected chi connectivity index (χ4v) is 4.20. The number of sulfone groups is 1. The second-order valence-corrected chi connectivity index (χ2v) is 7.61. The number of hydrogen-bond acceptors (Lipinski definition) is 3. The maximum Gasteiger partial charge on any atom is 0.322 e. The Morgan fingerprint density at radius 3 is 2.35 bits per heavy atom. The third-order valence-electron chi connectivity index (χ3n) is 2.72. The van der Waals surface area contributed by atoms with Crippen LogP contribution in [0, 0.1) is 17.6 Å². The van der Waals surface area contributed by atoms with Crippen LogP contribution in [0.2, 0.25) is 0 Å². The molecule has 0 bridgehead atoms. The molecule has 1 aromatic rings. The molecule has 8 heteroatoms. The highest BCUT2D eigenvalue weighted by molar-refractivity contribution is 9.10. The van der Waals surface area contributed by atoms with Gasteiger partial charge in [0.05, 0.1) is 10.2 Å². The third-order valence-corrected chi connectivity index (χ3v) is 5.54. The smallest absolute Gasteiger partial charge is 0.322 e. The molecule has 1 atom stereocenters. The summed E-state index contributed by atoms with van der Waals surface area (Å²) in [5, 5.41) is 7.27. The molecule has 0 aromatic heterocycles. The highest BCUT2D eigenvalue weighted by Gasteiger charge is 2.36. The minimum atomic E-state index is -4.24.